The first-order chi connectivity index (χ1) is 28.9. The lowest BCUT2D eigenvalue weighted by Gasteiger charge is -2.44. The minimum Gasteiger partial charge on any atom is -0.306 e. The molecule has 304 valence electrons. The molecule has 0 bridgehead atoms. The Balaban J connectivity index is 1.03. The summed E-state index contributed by atoms with van der Waals surface area (Å²) in [6.07, 6.45) is -2.24. The first-order valence-electron chi connectivity index (χ1n) is 21.3. The number of halogens is 3. The molecule has 60 heavy (non-hydrogen) atoms. The topological polar surface area (TPSA) is 3.24 Å². The van der Waals surface area contributed by atoms with E-state index in [1.807, 2.05) is 55.5 Å². The van der Waals surface area contributed by atoms with Gasteiger partial charge in [0.25, 0.3) is 0 Å². The molecule has 3 atom stereocenters. The molecule has 7 aromatic rings. The molecule has 0 N–H and O–H groups in total. The van der Waals surface area contributed by atoms with Gasteiger partial charge >= 0.3 is 6.18 Å². The lowest BCUT2D eigenvalue weighted by molar-refractivity contribution is -0.193. The molecular weight excluding hydrogens is 744 g/mol. The Labute approximate surface area is 354 Å². The molecule has 1 fully saturated rings. The molecule has 1 aliphatic heterocycles. The second kappa shape index (κ2) is 16.7. The zero-order valence-corrected chi connectivity index (χ0v) is 35.3. The van der Waals surface area contributed by atoms with Crippen molar-refractivity contribution < 1.29 is 13.2 Å². The quantitative estimate of drug-likeness (QED) is 0.133. The molecule has 0 saturated carbocycles. The van der Waals surface area contributed by atoms with Crippen molar-refractivity contribution in [2.24, 2.45) is 5.92 Å². The molecule has 1 nitrogen and oxygen atoms in total. The predicted octanol–water partition coefficient (Wildman–Crippen LogP) is 14.9. The van der Waals surface area contributed by atoms with Crippen LogP contribution in [0.5, 0.6) is 0 Å². The fourth-order valence-corrected chi connectivity index (χ4v) is 9.47. The van der Waals surface area contributed by atoms with Gasteiger partial charge in [0.05, 0.1) is 0 Å². The number of aryl methyl sites for hydroxylation is 1. The third-order valence-electron chi connectivity index (χ3n) is 13.7. The monoisotopic (exact) mass is 797 g/mol. The summed E-state index contributed by atoms with van der Waals surface area (Å²) < 4.78 is 48.3. The summed E-state index contributed by atoms with van der Waals surface area (Å²) in [5.41, 5.74) is 10.4. The largest absolute Gasteiger partial charge is 0.402 e. The smallest absolute Gasteiger partial charge is 0.306 e. The van der Waals surface area contributed by atoms with Crippen molar-refractivity contribution in [3.63, 3.8) is 0 Å². The molecule has 0 aliphatic carbocycles. The van der Waals surface area contributed by atoms with Crippen LogP contribution in [-0.2, 0) is 10.8 Å². The van der Waals surface area contributed by atoms with Gasteiger partial charge in [0.2, 0.25) is 0 Å². The predicted molar refractivity (Wildman–Crippen MR) is 244 cm³/mol. The van der Waals surface area contributed by atoms with Crippen molar-refractivity contribution in [1.82, 2.24) is 4.90 Å². The van der Waals surface area contributed by atoms with Gasteiger partial charge in [-0.1, -0.05) is 202 Å². The van der Waals surface area contributed by atoms with Crippen LogP contribution in [-0.4, -0.2) is 31.2 Å². The van der Waals surface area contributed by atoms with Crippen molar-refractivity contribution in [2.45, 2.75) is 63.5 Å². The number of alkyl halides is 3. The maximum absolute atomic E-state index is 16.1. The van der Waals surface area contributed by atoms with E-state index in [1.165, 1.54) is 29.5 Å². The van der Waals surface area contributed by atoms with E-state index in [0.717, 1.165) is 57.6 Å². The minimum atomic E-state index is -4.58. The normalized spacial score (nSPS) is 16.5. The minimum absolute atomic E-state index is 0.217. The molecule has 0 amide bonds. The number of benzene rings is 7. The Hall–Kier alpha value is -5.71. The molecule has 0 aromatic heterocycles. The van der Waals surface area contributed by atoms with Gasteiger partial charge in [-0.25, -0.2) is 0 Å². The number of hydrogen-bond donors (Lipinski definition) is 0. The average molecular weight is 798 g/mol. The van der Waals surface area contributed by atoms with Gasteiger partial charge < -0.3 is 4.90 Å². The fraction of sp³-hybridized carbons (Fsp3) is 0.250. The summed E-state index contributed by atoms with van der Waals surface area (Å²) >= 11 is 0. The van der Waals surface area contributed by atoms with Crippen LogP contribution in [0, 0.1) is 12.8 Å². The van der Waals surface area contributed by atoms with E-state index in [9.17, 15) is 0 Å². The summed E-state index contributed by atoms with van der Waals surface area (Å²) in [6, 6.07) is 57.8. The Morgan fingerprint density at radius 2 is 0.833 bits per heavy atom. The van der Waals surface area contributed by atoms with Gasteiger partial charge in [-0.15, -0.1) is 0 Å². The second-order valence-corrected chi connectivity index (χ2v) is 17.4. The van der Waals surface area contributed by atoms with Crippen LogP contribution in [0.15, 0.2) is 176 Å². The molecule has 1 saturated heterocycles. The maximum atomic E-state index is 16.1. The summed E-state index contributed by atoms with van der Waals surface area (Å²) in [5.74, 6) is -1.25. The highest BCUT2D eigenvalue weighted by atomic mass is 19.4. The van der Waals surface area contributed by atoms with Crippen LogP contribution >= 0.6 is 0 Å². The number of rotatable bonds is 10. The summed E-state index contributed by atoms with van der Waals surface area (Å²) in [4.78, 5) is 2.41. The highest BCUT2D eigenvalue weighted by Gasteiger charge is 2.61. The van der Waals surface area contributed by atoms with E-state index in [-0.39, 0.29) is 16.5 Å². The third kappa shape index (κ3) is 7.98. The van der Waals surface area contributed by atoms with E-state index in [4.69, 9.17) is 0 Å². The van der Waals surface area contributed by atoms with Crippen molar-refractivity contribution in [1.29, 1.82) is 0 Å². The van der Waals surface area contributed by atoms with E-state index < -0.39 is 23.4 Å². The summed E-state index contributed by atoms with van der Waals surface area (Å²) in [7, 11) is 2.20. The first-order valence-corrected chi connectivity index (χ1v) is 21.3. The fourth-order valence-electron chi connectivity index (χ4n) is 9.47. The Kier molecular flexibility index (Phi) is 11.5. The van der Waals surface area contributed by atoms with Crippen molar-refractivity contribution in [2.75, 3.05) is 20.1 Å². The highest BCUT2D eigenvalue weighted by molar-refractivity contribution is 5.72. The molecule has 1 heterocycles. The first kappa shape index (κ1) is 41.0. The molecule has 1 aliphatic rings. The van der Waals surface area contributed by atoms with E-state index in [2.05, 4.69) is 111 Å². The number of likely N-dealkylation sites (tertiary alicyclic amines) is 1. The van der Waals surface area contributed by atoms with E-state index in [0.29, 0.717) is 0 Å². The standard InChI is InChI=1S/C56H54F3N/c1-39-11-13-43(14-12-39)45-19-23-48(24-20-45)50-29-33-53(34-30-50)55(56(57,58)59,52-9-7-6-8-10-52)41(3)40(2)42-15-17-44(18-16-42)46-21-25-47(26-22-46)49-27-31-51(32-28-49)54(4)35-37-60(5)38-36-54/h6-34,40-41H,35-38H2,1-5H3. The van der Waals surface area contributed by atoms with Gasteiger partial charge in [-0.3, -0.25) is 0 Å². The van der Waals surface area contributed by atoms with Crippen LogP contribution in [0.1, 0.15) is 67.3 Å². The highest BCUT2D eigenvalue weighted by Crippen LogP contribution is 2.55. The lowest BCUT2D eigenvalue weighted by atomic mass is 9.61. The van der Waals surface area contributed by atoms with Crippen LogP contribution in [0.25, 0.3) is 44.5 Å². The van der Waals surface area contributed by atoms with Gasteiger partial charge in [-0.2, -0.15) is 13.2 Å². The molecule has 0 radical (unpaired) electrons. The lowest BCUT2D eigenvalue weighted by Crippen LogP contribution is -2.50. The van der Waals surface area contributed by atoms with Crippen molar-refractivity contribution >= 4 is 0 Å². The SMILES string of the molecule is Cc1ccc(-c2ccc(-c3ccc(C(c4ccccc4)(C(C)C(C)c4ccc(-c5ccc(-c6ccc(C7(C)CCN(C)CC7)cc6)cc5)cc4)C(F)(F)F)cc3)cc2)cc1. The maximum Gasteiger partial charge on any atom is 0.402 e. The van der Waals surface area contributed by atoms with Crippen LogP contribution < -0.4 is 0 Å². The van der Waals surface area contributed by atoms with Gasteiger partial charge in [0.15, 0.2) is 0 Å². The Morgan fingerprint density at radius 3 is 1.25 bits per heavy atom. The van der Waals surface area contributed by atoms with Gasteiger partial charge in [0.1, 0.15) is 5.41 Å². The second-order valence-electron chi connectivity index (χ2n) is 17.4. The van der Waals surface area contributed by atoms with Crippen LogP contribution in [0.3, 0.4) is 0 Å². The zero-order valence-electron chi connectivity index (χ0n) is 35.3. The molecule has 3 unspecified atom stereocenters. The number of piperidine rings is 1. The summed E-state index contributed by atoms with van der Waals surface area (Å²) in [5, 5.41) is 0. The molecule has 4 heteroatoms. The summed E-state index contributed by atoms with van der Waals surface area (Å²) in [6.45, 7) is 10.4. The third-order valence-corrected chi connectivity index (χ3v) is 13.7. The zero-order chi connectivity index (χ0) is 42.1. The Morgan fingerprint density at radius 1 is 0.483 bits per heavy atom. The molecular formula is C56H54F3N. The van der Waals surface area contributed by atoms with Gasteiger partial charge in [-0.05, 0) is 124 Å². The van der Waals surface area contributed by atoms with E-state index >= 15 is 13.2 Å². The van der Waals surface area contributed by atoms with Crippen molar-refractivity contribution in [3.05, 3.63) is 204 Å². The number of hydrogen-bond acceptors (Lipinski definition) is 1. The molecule has 0 spiro atoms. The van der Waals surface area contributed by atoms with Crippen LogP contribution in [0.4, 0.5) is 13.2 Å². The van der Waals surface area contributed by atoms with Crippen LogP contribution in [0.2, 0.25) is 0 Å². The van der Waals surface area contributed by atoms with Crippen molar-refractivity contribution in [3.8, 4) is 44.5 Å². The van der Waals surface area contributed by atoms with E-state index in [1.54, 1.807) is 49.4 Å². The van der Waals surface area contributed by atoms with Gasteiger partial charge in [0, 0.05) is 0 Å². The molecule has 8 rings (SSSR count). The molecule has 7 aromatic carbocycles. The number of nitrogens with zero attached hydrogens (tertiary/aromatic N) is 1. The Bertz CT molecular complexity index is 2480. The average Bonchev–Trinajstić information content (AvgIpc) is 3.28.